The van der Waals surface area contributed by atoms with Crippen LogP contribution in [0.4, 0.5) is 0 Å². The third-order valence-corrected chi connectivity index (χ3v) is 5.22. The fourth-order valence-electron chi connectivity index (χ4n) is 3.76. The number of hydrogen-bond acceptors (Lipinski definition) is 3. The Balaban J connectivity index is 1.66. The number of likely N-dealkylation sites (tertiary alicyclic amines) is 1. The Morgan fingerprint density at radius 1 is 0.880 bits per heavy atom. The fraction of sp³-hybridized carbons (Fsp3) is 0.364. The van der Waals surface area contributed by atoms with Gasteiger partial charge < -0.3 is 4.90 Å². The molecular formula is C22H23N3. The van der Waals surface area contributed by atoms with Crippen LogP contribution in [0.2, 0.25) is 0 Å². The molecule has 2 aromatic rings. The smallest absolute Gasteiger partial charge is 0.141 e. The maximum atomic E-state index is 9.39. The van der Waals surface area contributed by atoms with Crippen LogP contribution in [0.3, 0.4) is 0 Å². The van der Waals surface area contributed by atoms with E-state index in [9.17, 15) is 10.5 Å². The van der Waals surface area contributed by atoms with Gasteiger partial charge in [-0.05, 0) is 43.0 Å². The molecule has 1 saturated heterocycles. The Kier molecular flexibility index (Phi) is 5.83. The molecular weight excluding hydrogens is 306 g/mol. The summed E-state index contributed by atoms with van der Waals surface area (Å²) in [4.78, 5) is 2.42. The van der Waals surface area contributed by atoms with Gasteiger partial charge >= 0.3 is 0 Å². The van der Waals surface area contributed by atoms with Crippen LogP contribution in [0.15, 0.2) is 60.7 Å². The molecule has 3 nitrogen and oxygen atoms in total. The first kappa shape index (κ1) is 17.2. The minimum atomic E-state index is -0.603. The summed E-state index contributed by atoms with van der Waals surface area (Å²) in [5.74, 6) is -0.0333. The number of hydrogen-bond donors (Lipinski definition) is 0. The predicted molar refractivity (Wildman–Crippen MR) is 98.8 cm³/mol. The zero-order valence-electron chi connectivity index (χ0n) is 14.4. The summed E-state index contributed by atoms with van der Waals surface area (Å²) in [5.41, 5.74) is 2.51. The van der Waals surface area contributed by atoms with Crippen LogP contribution in [0, 0.1) is 28.6 Å². The van der Waals surface area contributed by atoms with Crippen molar-refractivity contribution in [1.82, 2.24) is 4.90 Å². The SMILES string of the molecule is N#CC(C#N)C(CN1CCC(c2ccccc2)CC1)c1ccccc1. The van der Waals surface area contributed by atoms with Gasteiger partial charge in [-0.25, -0.2) is 0 Å². The van der Waals surface area contributed by atoms with Crippen molar-refractivity contribution in [3.05, 3.63) is 71.8 Å². The van der Waals surface area contributed by atoms with E-state index in [0.29, 0.717) is 5.92 Å². The third kappa shape index (κ3) is 4.27. The van der Waals surface area contributed by atoms with Crippen LogP contribution >= 0.6 is 0 Å². The Hall–Kier alpha value is -2.62. The molecule has 0 aliphatic carbocycles. The molecule has 0 aromatic heterocycles. The second-order valence-corrected chi connectivity index (χ2v) is 6.74. The van der Waals surface area contributed by atoms with Crippen molar-refractivity contribution in [3.8, 4) is 12.1 Å². The van der Waals surface area contributed by atoms with Crippen LogP contribution in [0.25, 0.3) is 0 Å². The van der Waals surface area contributed by atoms with Gasteiger partial charge in [0, 0.05) is 12.5 Å². The van der Waals surface area contributed by atoms with E-state index < -0.39 is 5.92 Å². The maximum Gasteiger partial charge on any atom is 0.141 e. The van der Waals surface area contributed by atoms with Crippen molar-refractivity contribution in [2.75, 3.05) is 19.6 Å². The van der Waals surface area contributed by atoms with Crippen molar-refractivity contribution < 1.29 is 0 Å². The highest BCUT2D eigenvalue weighted by Gasteiger charge is 2.28. The van der Waals surface area contributed by atoms with E-state index in [0.717, 1.165) is 38.0 Å². The van der Waals surface area contributed by atoms with E-state index in [1.807, 2.05) is 30.3 Å². The van der Waals surface area contributed by atoms with Gasteiger partial charge in [-0.15, -0.1) is 0 Å². The minimum absolute atomic E-state index is 0.0514. The van der Waals surface area contributed by atoms with E-state index in [1.54, 1.807) is 0 Å². The number of nitrogens with zero attached hydrogens (tertiary/aromatic N) is 3. The largest absolute Gasteiger partial charge is 0.303 e. The van der Waals surface area contributed by atoms with Crippen molar-refractivity contribution >= 4 is 0 Å². The highest BCUT2D eigenvalue weighted by atomic mass is 15.1. The third-order valence-electron chi connectivity index (χ3n) is 5.22. The molecule has 126 valence electrons. The molecule has 0 radical (unpaired) electrons. The lowest BCUT2D eigenvalue weighted by molar-refractivity contribution is 0.195. The van der Waals surface area contributed by atoms with Crippen LogP contribution in [-0.4, -0.2) is 24.5 Å². The standard InChI is InChI=1S/C22H23N3/c23-15-21(16-24)22(20-9-5-2-6-10-20)17-25-13-11-19(12-14-25)18-7-3-1-4-8-18/h1-10,19,21-22H,11-14,17H2. The lowest BCUT2D eigenvalue weighted by Gasteiger charge is -2.35. The first-order valence-corrected chi connectivity index (χ1v) is 8.93. The van der Waals surface area contributed by atoms with E-state index in [2.05, 4.69) is 47.4 Å². The molecule has 2 aromatic carbocycles. The minimum Gasteiger partial charge on any atom is -0.303 e. The highest BCUT2D eigenvalue weighted by molar-refractivity contribution is 5.26. The summed E-state index contributed by atoms with van der Waals surface area (Å²) in [6.07, 6.45) is 2.27. The van der Waals surface area contributed by atoms with Gasteiger partial charge in [0.1, 0.15) is 5.92 Å². The molecule has 1 aliphatic rings. The van der Waals surface area contributed by atoms with Gasteiger partial charge in [-0.3, -0.25) is 0 Å². The van der Waals surface area contributed by atoms with Gasteiger partial charge in [0.05, 0.1) is 12.1 Å². The van der Waals surface area contributed by atoms with Crippen molar-refractivity contribution in [3.63, 3.8) is 0 Å². The Morgan fingerprint density at radius 3 is 2.00 bits per heavy atom. The normalized spacial score (nSPS) is 16.9. The van der Waals surface area contributed by atoms with Gasteiger partial charge in [-0.2, -0.15) is 10.5 Å². The number of rotatable bonds is 5. The first-order chi connectivity index (χ1) is 12.3. The van der Waals surface area contributed by atoms with E-state index in [4.69, 9.17) is 0 Å². The molecule has 0 N–H and O–H groups in total. The number of nitriles is 2. The monoisotopic (exact) mass is 329 g/mol. The Labute approximate surface area is 150 Å². The van der Waals surface area contributed by atoms with Gasteiger partial charge in [0.2, 0.25) is 0 Å². The molecule has 3 heteroatoms. The lowest BCUT2D eigenvalue weighted by atomic mass is 9.85. The van der Waals surface area contributed by atoms with Gasteiger partial charge in [-0.1, -0.05) is 60.7 Å². The summed E-state index contributed by atoms with van der Waals surface area (Å²) < 4.78 is 0. The summed E-state index contributed by atoms with van der Waals surface area (Å²) in [6.45, 7) is 2.82. The van der Waals surface area contributed by atoms with E-state index >= 15 is 0 Å². The Morgan fingerprint density at radius 2 is 1.44 bits per heavy atom. The molecule has 0 bridgehead atoms. The van der Waals surface area contributed by atoms with Crippen LogP contribution < -0.4 is 0 Å². The van der Waals surface area contributed by atoms with Crippen molar-refractivity contribution in [2.24, 2.45) is 5.92 Å². The van der Waals surface area contributed by atoms with E-state index in [-0.39, 0.29) is 5.92 Å². The quantitative estimate of drug-likeness (QED) is 0.821. The van der Waals surface area contributed by atoms with Crippen LogP contribution in [0.5, 0.6) is 0 Å². The molecule has 25 heavy (non-hydrogen) atoms. The number of piperidine rings is 1. The average Bonchev–Trinajstić information content (AvgIpc) is 2.70. The van der Waals surface area contributed by atoms with Crippen molar-refractivity contribution in [2.45, 2.75) is 24.7 Å². The van der Waals surface area contributed by atoms with Crippen molar-refractivity contribution in [1.29, 1.82) is 10.5 Å². The molecule has 0 saturated carbocycles. The summed E-state index contributed by atoms with van der Waals surface area (Å²) in [5, 5.41) is 18.8. The topological polar surface area (TPSA) is 50.8 Å². The lowest BCUT2D eigenvalue weighted by Crippen LogP contribution is -2.37. The van der Waals surface area contributed by atoms with Crippen LogP contribution in [-0.2, 0) is 0 Å². The summed E-state index contributed by atoms with van der Waals surface area (Å²) in [7, 11) is 0. The first-order valence-electron chi connectivity index (χ1n) is 8.93. The molecule has 1 fully saturated rings. The molecule has 1 atom stereocenters. The molecule has 0 spiro atoms. The zero-order chi connectivity index (χ0) is 17.5. The molecule has 1 aliphatic heterocycles. The second kappa shape index (κ2) is 8.47. The van der Waals surface area contributed by atoms with Crippen LogP contribution in [0.1, 0.15) is 35.8 Å². The summed E-state index contributed by atoms with van der Waals surface area (Å²) >= 11 is 0. The second-order valence-electron chi connectivity index (χ2n) is 6.74. The predicted octanol–water partition coefficient (Wildman–Crippen LogP) is 4.31. The molecule has 1 heterocycles. The Bertz CT molecular complexity index is 720. The van der Waals surface area contributed by atoms with Gasteiger partial charge in [0.15, 0.2) is 0 Å². The summed E-state index contributed by atoms with van der Waals surface area (Å²) in [6, 6.07) is 25.1. The zero-order valence-corrected chi connectivity index (χ0v) is 14.4. The van der Waals surface area contributed by atoms with E-state index in [1.165, 1.54) is 5.56 Å². The maximum absolute atomic E-state index is 9.39. The highest BCUT2D eigenvalue weighted by Crippen LogP contribution is 2.31. The molecule has 0 amide bonds. The average molecular weight is 329 g/mol. The van der Waals surface area contributed by atoms with Gasteiger partial charge in [0.25, 0.3) is 0 Å². The molecule has 3 rings (SSSR count). The molecule has 1 unspecified atom stereocenters. The fourth-order valence-corrected chi connectivity index (χ4v) is 3.76. The number of benzene rings is 2.